The third-order valence-corrected chi connectivity index (χ3v) is 6.00. The molecular weight excluding hydrogens is 424 g/mol. The van der Waals surface area contributed by atoms with Gasteiger partial charge in [-0.2, -0.15) is 0 Å². The standard InChI is InChI=1S/C24H26N4O5/c1-15-12-20(29)25-17-9-5-6-10-18(17)28(15)21(30)14-27-22(31)24(2,26-23(27)32)13-16-8-4-7-11-19(16)33-3/h4-11,15H,12-14H2,1-3H3,(H,25,29)(H,26,32). The molecule has 1 fully saturated rings. The number of carbonyl (C=O) groups excluding carboxylic acids is 4. The van der Waals surface area contributed by atoms with E-state index in [1.54, 1.807) is 51.3 Å². The lowest BCUT2D eigenvalue weighted by atomic mass is 9.92. The van der Waals surface area contributed by atoms with Gasteiger partial charge in [-0.25, -0.2) is 4.79 Å². The Kier molecular flexibility index (Phi) is 5.80. The van der Waals surface area contributed by atoms with E-state index in [1.807, 2.05) is 18.2 Å². The molecule has 4 rings (SSSR count). The van der Waals surface area contributed by atoms with E-state index >= 15 is 0 Å². The summed E-state index contributed by atoms with van der Waals surface area (Å²) in [4.78, 5) is 54.0. The van der Waals surface area contributed by atoms with Gasteiger partial charge in [0.15, 0.2) is 0 Å². The second-order valence-corrected chi connectivity index (χ2v) is 8.52. The van der Waals surface area contributed by atoms with Crippen LogP contribution in [0.3, 0.4) is 0 Å². The summed E-state index contributed by atoms with van der Waals surface area (Å²) in [6.07, 6.45) is 0.319. The normalized spacial score (nSPS) is 22.4. The summed E-state index contributed by atoms with van der Waals surface area (Å²) in [5.41, 5.74) is 0.596. The highest BCUT2D eigenvalue weighted by Gasteiger charge is 2.49. The highest BCUT2D eigenvalue weighted by Crippen LogP contribution is 2.32. The molecule has 33 heavy (non-hydrogen) atoms. The molecular formula is C24H26N4O5. The van der Waals surface area contributed by atoms with Crippen molar-refractivity contribution in [3.63, 3.8) is 0 Å². The Morgan fingerprint density at radius 1 is 1.12 bits per heavy atom. The first-order chi connectivity index (χ1) is 15.7. The lowest BCUT2D eigenvalue weighted by Crippen LogP contribution is -2.48. The Bertz CT molecular complexity index is 1130. The van der Waals surface area contributed by atoms with Crippen LogP contribution in [0.5, 0.6) is 5.75 Å². The molecule has 9 heteroatoms. The van der Waals surface area contributed by atoms with Crippen LogP contribution >= 0.6 is 0 Å². The Labute approximate surface area is 191 Å². The van der Waals surface area contributed by atoms with Crippen LogP contribution in [0.1, 0.15) is 25.8 Å². The van der Waals surface area contributed by atoms with E-state index in [4.69, 9.17) is 4.74 Å². The molecule has 0 bridgehead atoms. The smallest absolute Gasteiger partial charge is 0.325 e. The fraction of sp³-hybridized carbons (Fsp3) is 0.333. The van der Waals surface area contributed by atoms with Crippen LogP contribution in [0.4, 0.5) is 16.2 Å². The van der Waals surface area contributed by atoms with Gasteiger partial charge in [-0.3, -0.25) is 19.3 Å². The maximum Gasteiger partial charge on any atom is 0.325 e. The first-order valence-corrected chi connectivity index (χ1v) is 10.7. The number of methoxy groups -OCH3 is 1. The van der Waals surface area contributed by atoms with Crippen molar-refractivity contribution in [2.24, 2.45) is 0 Å². The average molecular weight is 450 g/mol. The monoisotopic (exact) mass is 450 g/mol. The van der Waals surface area contributed by atoms with Crippen LogP contribution in [-0.4, -0.2) is 53.9 Å². The largest absolute Gasteiger partial charge is 0.496 e. The van der Waals surface area contributed by atoms with Crippen LogP contribution in [0.15, 0.2) is 48.5 Å². The van der Waals surface area contributed by atoms with Crippen molar-refractivity contribution >= 4 is 35.1 Å². The summed E-state index contributed by atoms with van der Waals surface area (Å²) < 4.78 is 5.37. The van der Waals surface area contributed by atoms with Crippen LogP contribution < -0.4 is 20.3 Å². The molecule has 0 aromatic heterocycles. The zero-order chi connectivity index (χ0) is 23.8. The number of anilines is 2. The van der Waals surface area contributed by atoms with Gasteiger partial charge in [-0.05, 0) is 37.6 Å². The van der Waals surface area contributed by atoms with Gasteiger partial charge in [-0.15, -0.1) is 0 Å². The lowest BCUT2D eigenvalue weighted by Gasteiger charge is -2.29. The molecule has 2 aliphatic rings. The molecule has 0 spiro atoms. The Morgan fingerprint density at radius 3 is 2.58 bits per heavy atom. The number of hydrogen-bond acceptors (Lipinski definition) is 5. The number of hydrogen-bond donors (Lipinski definition) is 2. The number of urea groups is 1. The molecule has 1 saturated heterocycles. The number of nitrogens with one attached hydrogen (secondary N) is 2. The molecule has 5 amide bonds. The molecule has 9 nitrogen and oxygen atoms in total. The van der Waals surface area contributed by atoms with Crippen molar-refractivity contribution in [2.75, 3.05) is 23.9 Å². The van der Waals surface area contributed by atoms with Gasteiger partial charge in [0, 0.05) is 18.9 Å². The predicted octanol–water partition coefficient (Wildman–Crippen LogP) is 2.31. The average Bonchev–Trinajstić information content (AvgIpc) is 2.90. The summed E-state index contributed by atoms with van der Waals surface area (Å²) in [5, 5.41) is 5.53. The number of carbonyl (C=O) groups is 4. The molecule has 0 aliphatic carbocycles. The molecule has 2 aromatic rings. The number of fused-ring (bicyclic) bond motifs is 1. The van der Waals surface area contributed by atoms with Gasteiger partial charge in [0.2, 0.25) is 11.8 Å². The van der Waals surface area contributed by atoms with E-state index in [0.717, 1.165) is 10.5 Å². The van der Waals surface area contributed by atoms with Gasteiger partial charge in [-0.1, -0.05) is 30.3 Å². The van der Waals surface area contributed by atoms with Crippen molar-refractivity contribution in [3.05, 3.63) is 54.1 Å². The van der Waals surface area contributed by atoms with E-state index in [0.29, 0.717) is 17.1 Å². The number of para-hydroxylation sites is 3. The van der Waals surface area contributed by atoms with Crippen molar-refractivity contribution in [1.29, 1.82) is 0 Å². The summed E-state index contributed by atoms with van der Waals surface area (Å²) in [6, 6.07) is 13.2. The van der Waals surface area contributed by atoms with E-state index in [9.17, 15) is 19.2 Å². The number of amides is 5. The Hall–Kier alpha value is -3.88. The summed E-state index contributed by atoms with van der Waals surface area (Å²) >= 11 is 0. The van der Waals surface area contributed by atoms with Crippen LogP contribution in [0, 0.1) is 0 Å². The molecule has 2 atom stereocenters. The summed E-state index contributed by atoms with van der Waals surface area (Å²) in [7, 11) is 1.54. The van der Waals surface area contributed by atoms with Gasteiger partial charge in [0.1, 0.15) is 17.8 Å². The molecule has 2 aliphatic heterocycles. The van der Waals surface area contributed by atoms with Crippen molar-refractivity contribution in [2.45, 2.75) is 38.3 Å². The molecule has 0 radical (unpaired) electrons. The minimum Gasteiger partial charge on any atom is -0.496 e. The molecule has 172 valence electrons. The maximum absolute atomic E-state index is 13.3. The number of imide groups is 1. The first kappa shape index (κ1) is 22.3. The SMILES string of the molecule is COc1ccccc1CC1(C)NC(=O)N(CC(=O)N2c3ccccc3NC(=O)CC2C)C1=O. The Balaban J connectivity index is 1.57. The van der Waals surface area contributed by atoms with Gasteiger partial charge >= 0.3 is 6.03 Å². The number of rotatable bonds is 5. The highest BCUT2D eigenvalue weighted by atomic mass is 16.5. The van der Waals surface area contributed by atoms with E-state index < -0.39 is 36.0 Å². The van der Waals surface area contributed by atoms with Crippen LogP contribution in [0.2, 0.25) is 0 Å². The first-order valence-electron chi connectivity index (χ1n) is 10.7. The zero-order valence-corrected chi connectivity index (χ0v) is 18.8. The predicted molar refractivity (Wildman–Crippen MR) is 122 cm³/mol. The maximum atomic E-state index is 13.3. The second kappa shape index (κ2) is 8.57. The minimum absolute atomic E-state index is 0.103. The highest BCUT2D eigenvalue weighted by molar-refractivity contribution is 6.11. The van der Waals surface area contributed by atoms with Crippen LogP contribution in [-0.2, 0) is 20.8 Å². The quantitative estimate of drug-likeness (QED) is 0.680. The van der Waals surface area contributed by atoms with Gasteiger partial charge in [0.25, 0.3) is 5.91 Å². The minimum atomic E-state index is -1.22. The fourth-order valence-electron chi connectivity index (χ4n) is 4.42. The molecule has 2 unspecified atom stereocenters. The molecule has 2 N–H and O–H groups in total. The third-order valence-electron chi connectivity index (χ3n) is 6.00. The van der Waals surface area contributed by atoms with Crippen molar-refractivity contribution in [3.8, 4) is 5.75 Å². The van der Waals surface area contributed by atoms with E-state index in [2.05, 4.69) is 10.6 Å². The fourth-order valence-corrected chi connectivity index (χ4v) is 4.42. The third kappa shape index (κ3) is 4.13. The van der Waals surface area contributed by atoms with Crippen molar-refractivity contribution in [1.82, 2.24) is 10.2 Å². The second-order valence-electron chi connectivity index (χ2n) is 8.52. The Morgan fingerprint density at radius 2 is 1.82 bits per heavy atom. The van der Waals surface area contributed by atoms with E-state index in [1.165, 1.54) is 4.90 Å². The number of ether oxygens (including phenoxy) is 1. The topological polar surface area (TPSA) is 108 Å². The summed E-state index contributed by atoms with van der Waals surface area (Å²) in [6.45, 7) is 2.97. The molecule has 0 saturated carbocycles. The number of benzene rings is 2. The summed E-state index contributed by atoms with van der Waals surface area (Å²) in [5.74, 6) is -0.527. The van der Waals surface area contributed by atoms with Crippen molar-refractivity contribution < 1.29 is 23.9 Å². The molecule has 2 heterocycles. The molecule has 2 aromatic carbocycles. The zero-order valence-electron chi connectivity index (χ0n) is 18.8. The van der Waals surface area contributed by atoms with Gasteiger partial charge < -0.3 is 20.3 Å². The number of nitrogens with zero attached hydrogens (tertiary/aromatic N) is 2. The lowest BCUT2D eigenvalue weighted by molar-refractivity contribution is -0.134. The van der Waals surface area contributed by atoms with Crippen LogP contribution in [0.25, 0.3) is 0 Å². The van der Waals surface area contributed by atoms with E-state index in [-0.39, 0.29) is 18.7 Å². The van der Waals surface area contributed by atoms with Gasteiger partial charge in [0.05, 0.1) is 18.5 Å².